The Kier molecular flexibility index (Phi) is 4.74. The molecular weight excluding hydrogens is 254 g/mol. The van der Waals surface area contributed by atoms with Crippen molar-refractivity contribution < 1.29 is 4.84 Å². The van der Waals surface area contributed by atoms with Crippen molar-refractivity contribution in [2.75, 3.05) is 6.61 Å². The average molecular weight is 273 g/mol. The molecular formula is C16H19NOS. The summed E-state index contributed by atoms with van der Waals surface area (Å²) >= 11 is 1.75. The van der Waals surface area contributed by atoms with E-state index in [0.717, 1.165) is 17.0 Å². The summed E-state index contributed by atoms with van der Waals surface area (Å²) in [5, 5.41) is 4.07. The zero-order valence-corrected chi connectivity index (χ0v) is 12.5. The molecule has 1 heterocycles. The van der Waals surface area contributed by atoms with E-state index in [2.05, 4.69) is 48.5 Å². The van der Waals surface area contributed by atoms with Crippen molar-refractivity contribution in [3.8, 4) is 10.4 Å². The summed E-state index contributed by atoms with van der Waals surface area (Å²) in [6, 6.07) is 13.0. The molecule has 1 aromatic carbocycles. The summed E-state index contributed by atoms with van der Waals surface area (Å²) < 4.78 is 0. The molecule has 0 N–H and O–H groups in total. The van der Waals surface area contributed by atoms with Gasteiger partial charge in [-0.3, -0.25) is 0 Å². The van der Waals surface area contributed by atoms with E-state index in [1.54, 1.807) is 11.3 Å². The largest absolute Gasteiger partial charge is 0.396 e. The van der Waals surface area contributed by atoms with E-state index in [-0.39, 0.29) is 0 Å². The second kappa shape index (κ2) is 6.53. The number of aryl methyl sites for hydroxylation is 1. The van der Waals surface area contributed by atoms with E-state index in [1.807, 2.05) is 13.8 Å². The Balaban J connectivity index is 2.20. The minimum atomic E-state index is 0.605. The molecule has 1 aromatic heterocycles. The van der Waals surface area contributed by atoms with Crippen molar-refractivity contribution in [2.45, 2.75) is 27.2 Å². The number of rotatable bonds is 5. The van der Waals surface area contributed by atoms with Gasteiger partial charge in [-0.05, 0) is 43.5 Å². The highest BCUT2D eigenvalue weighted by atomic mass is 32.1. The van der Waals surface area contributed by atoms with Gasteiger partial charge in [0.25, 0.3) is 0 Å². The molecule has 3 heteroatoms. The normalized spacial score (nSPS) is 11.6. The fraction of sp³-hybridized carbons (Fsp3) is 0.312. The lowest BCUT2D eigenvalue weighted by atomic mass is 10.1. The van der Waals surface area contributed by atoms with Gasteiger partial charge in [0.1, 0.15) is 6.61 Å². The molecule has 2 aromatic rings. The molecule has 0 aliphatic heterocycles. The zero-order valence-electron chi connectivity index (χ0n) is 11.6. The molecule has 0 aliphatic rings. The van der Waals surface area contributed by atoms with E-state index >= 15 is 0 Å². The number of benzene rings is 1. The lowest BCUT2D eigenvalue weighted by Crippen LogP contribution is -1.92. The summed E-state index contributed by atoms with van der Waals surface area (Å²) in [7, 11) is 0. The van der Waals surface area contributed by atoms with Gasteiger partial charge >= 0.3 is 0 Å². The van der Waals surface area contributed by atoms with E-state index in [4.69, 9.17) is 4.84 Å². The first-order valence-electron chi connectivity index (χ1n) is 6.60. The van der Waals surface area contributed by atoms with Crippen molar-refractivity contribution in [3.63, 3.8) is 0 Å². The van der Waals surface area contributed by atoms with Gasteiger partial charge < -0.3 is 4.84 Å². The van der Waals surface area contributed by atoms with Crippen molar-refractivity contribution >= 4 is 17.0 Å². The summed E-state index contributed by atoms with van der Waals surface area (Å²) in [5.74, 6) is 0. The second-order valence-electron chi connectivity index (χ2n) is 4.31. The van der Waals surface area contributed by atoms with Crippen LogP contribution in [0.25, 0.3) is 10.4 Å². The maximum atomic E-state index is 5.09. The van der Waals surface area contributed by atoms with Crippen LogP contribution in [0.15, 0.2) is 41.6 Å². The molecule has 0 aliphatic carbocycles. The van der Waals surface area contributed by atoms with Crippen LogP contribution in [0.2, 0.25) is 0 Å². The quantitative estimate of drug-likeness (QED) is 0.569. The SMILES string of the molecule is CCO/N=C(\C)c1ccc(-c2ccc(CC)cc2)s1. The fourth-order valence-corrected chi connectivity index (χ4v) is 2.75. The number of thiophene rings is 1. The van der Waals surface area contributed by atoms with E-state index in [0.29, 0.717) is 6.61 Å². The third-order valence-electron chi connectivity index (χ3n) is 2.94. The Morgan fingerprint density at radius 1 is 1.11 bits per heavy atom. The summed E-state index contributed by atoms with van der Waals surface area (Å²) in [5.41, 5.74) is 3.57. The molecule has 19 heavy (non-hydrogen) atoms. The van der Waals surface area contributed by atoms with Gasteiger partial charge in [0, 0.05) is 4.88 Å². The molecule has 2 rings (SSSR count). The molecule has 100 valence electrons. The van der Waals surface area contributed by atoms with Gasteiger partial charge in [-0.25, -0.2) is 0 Å². The molecule has 0 saturated carbocycles. The van der Waals surface area contributed by atoms with Crippen LogP contribution in [-0.4, -0.2) is 12.3 Å². The highest BCUT2D eigenvalue weighted by molar-refractivity contribution is 7.17. The van der Waals surface area contributed by atoms with Crippen LogP contribution in [0.5, 0.6) is 0 Å². The summed E-state index contributed by atoms with van der Waals surface area (Å²) in [6.45, 7) is 6.69. The van der Waals surface area contributed by atoms with Gasteiger partial charge in [0.05, 0.1) is 10.6 Å². The maximum absolute atomic E-state index is 5.09. The molecule has 0 saturated heterocycles. The Labute approximate surface area is 118 Å². The summed E-state index contributed by atoms with van der Waals surface area (Å²) in [6.07, 6.45) is 1.08. The predicted octanol–water partition coefficient (Wildman–Crippen LogP) is 4.74. The zero-order chi connectivity index (χ0) is 13.7. The molecule has 2 nitrogen and oxygen atoms in total. The molecule has 0 unspecified atom stereocenters. The second-order valence-corrected chi connectivity index (χ2v) is 5.39. The standard InChI is InChI=1S/C16H19NOS/c1-4-13-6-8-14(9-7-13)16-11-10-15(19-16)12(3)17-18-5-2/h6-11H,4-5H2,1-3H3/b17-12+. The van der Waals surface area contributed by atoms with Gasteiger partial charge in [-0.1, -0.05) is 36.3 Å². The molecule has 0 radical (unpaired) electrons. The topological polar surface area (TPSA) is 21.6 Å². The Morgan fingerprint density at radius 2 is 1.84 bits per heavy atom. The fourth-order valence-electron chi connectivity index (χ4n) is 1.80. The van der Waals surface area contributed by atoms with Gasteiger partial charge in [0.2, 0.25) is 0 Å². The Bertz CT molecular complexity index is 554. The van der Waals surface area contributed by atoms with Crippen molar-refractivity contribution in [1.29, 1.82) is 0 Å². The third kappa shape index (κ3) is 3.44. The van der Waals surface area contributed by atoms with Gasteiger partial charge in [-0.15, -0.1) is 11.3 Å². The van der Waals surface area contributed by atoms with Crippen LogP contribution in [0.4, 0.5) is 0 Å². The number of hydrogen-bond acceptors (Lipinski definition) is 3. The number of hydrogen-bond donors (Lipinski definition) is 0. The number of oxime groups is 1. The van der Waals surface area contributed by atoms with Crippen LogP contribution in [-0.2, 0) is 11.3 Å². The lowest BCUT2D eigenvalue weighted by molar-refractivity contribution is 0.159. The van der Waals surface area contributed by atoms with Gasteiger partial charge in [0.15, 0.2) is 0 Å². The van der Waals surface area contributed by atoms with Crippen molar-refractivity contribution in [2.24, 2.45) is 5.16 Å². The van der Waals surface area contributed by atoms with E-state index < -0.39 is 0 Å². The highest BCUT2D eigenvalue weighted by Crippen LogP contribution is 2.28. The highest BCUT2D eigenvalue weighted by Gasteiger charge is 2.05. The first kappa shape index (κ1) is 13.8. The molecule has 0 bridgehead atoms. The van der Waals surface area contributed by atoms with Crippen molar-refractivity contribution in [1.82, 2.24) is 0 Å². The molecule has 0 spiro atoms. The Morgan fingerprint density at radius 3 is 2.47 bits per heavy atom. The molecule has 0 amide bonds. The summed E-state index contributed by atoms with van der Waals surface area (Å²) in [4.78, 5) is 7.51. The minimum Gasteiger partial charge on any atom is -0.396 e. The van der Waals surface area contributed by atoms with E-state index in [1.165, 1.54) is 16.0 Å². The van der Waals surface area contributed by atoms with Gasteiger partial charge in [-0.2, -0.15) is 0 Å². The third-order valence-corrected chi connectivity index (χ3v) is 4.18. The average Bonchev–Trinajstić information content (AvgIpc) is 2.94. The van der Waals surface area contributed by atoms with Crippen LogP contribution in [0, 0.1) is 0 Å². The Hall–Kier alpha value is -1.61. The van der Waals surface area contributed by atoms with Crippen molar-refractivity contribution in [3.05, 3.63) is 46.8 Å². The van der Waals surface area contributed by atoms with E-state index in [9.17, 15) is 0 Å². The van der Waals surface area contributed by atoms with Crippen LogP contribution in [0.1, 0.15) is 31.2 Å². The van der Waals surface area contributed by atoms with Crippen LogP contribution < -0.4 is 0 Å². The van der Waals surface area contributed by atoms with Crippen LogP contribution >= 0.6 is 11.3 Å². The maximum Gasteiger partial charge on any atom is 0.114 e. The molecule has 0 fully saturated rings. The first-order valence-corrected chi connectivity index (χ1v) is 7.42. The van der Waals surface area contributed by atoms with Crippen LogP contribution in [0.3, 0.4) is 0 Å². The minimum absolute atomic E-state index is 0.605. The molecule has 0 atom stereocenters. The lowest BCUT2D eigenvalue weighted by Gasteiger charge is -2.00. The monoisotopic (exact) mass is 273 g/mol. The predicted molar refractivity (Wildman–Crippen MR) is 83.0 cm³/mol. The number of nitrogens with zero attached hydrogens (tertiary/aromatic N) is 1. The smallest absolute Gasteiger partial charge is 0.114 e. The first-order chi connectivity index (χ1) is 9.24.